The lowest BCUT2D eigenvalue weighted by atomic mass is 9.98. The number of benzene rings is 2. The van der Waals surface area contributed by atoms with Gasteiger partial charge in [0.25, 0.3) is 0 Å². The molecule has 1 N–H and O–H groups in total. The molecule has 2 rings (SSSR count). The van der Waals surface area contributed by atoms with Crippen LogP contribution in [0.2, 0.25) is 0 Å². The second-order valence-electron chi connectivity index (χ2n) is 5.00. The fourth-order valence-corrected chi connectivity index (χ4v) is 2.49. The smallest absolute Gasteiger partial charge is 0.129 e. The number of hydrogen-bond donors (Lipinski definition) is 1. The zero-order valence-corrected chi connectivity index (χ0v) is 13.5. The van der Waals surface area contributed by atoms with Crippen LogP contribution in [0.4, 0.5) is 8.78 Å². The molecular formula is C17H18BrF2N. The van der Waals surface area contributed by atoms with Gasteiger partial charge in [0.05, 0.1) is 0 Å². The van der Waals surface area contributed by atoms with Crippen molar-refractivity contribution >= 4 is 15.9 Å². The molecule has 1 atom stereocenters. The van der Waals surface area contributed by atoms with Gasteiger partial charge in [-0.3, -0.25) is 0 Å². The highest BCUT2D eigenvalue weighted by Gasteiger charge is 2.14. The van der Waals surface area contributed by atoms with Crippen molar-refractivity contribution in [2.24, 2.45) is 0 Å². The molecule has 1 nitrogen and oxygen atoms in total. The average Bonchev–Trinajstić information content (AvgIpc) is 2.46. The van der Waals surface area contributed by atoms with Gasteiger partial charge in [0.2, 0.25) is 0 Å². The number of hydrogen-bond acceptors (Lipinski definition) is 1. The van der Waals surface area contributed by atoms with E-state index in [0.717, 1.165) is 29.1 Å². The molecule has 0 saturated heterocycles. The second-order valence-corrected chi connectivity index (χ2v) is 5.91. The minimum absolute atomic E-state index is 0.0120. The molecule has 2 aromatic carbocycles. The average molecular weight is 354 g/mol. The van der Waals surface area contributed by atoms with Crippen LogP contribution in [0.15, 0.2) is 46.9 Å². The molecule has 0 aliphatic carbocycles. The summed E-state index contributed by atoms with van der Waals surface area (Å²) in [6, 6.07) is 11.7. The largest absolute Gasteiger partial charge is 0.310 e. The molecule has 0 amide bonds. The molecule has 1 unspecified atom stereocenters. The topological polar surface area (TPSA) is 12.0 Å². The quantitative estimate of drug-likeness (QED) is 0.769. The predicted molar refractivity (Wildman–Crippen MR) is 85.2 cm³/mol. The zero-order valence-electron chi connectivity index (χ0n) is 11.9. The van der Waals surface area contributed by atoms with Crippen molar-refractivity contribution in [3.05, 3.63) is 69.7 Å². The van der Waals surface area contributed by atoms with Crippen LogP contribution in [0.25, 0.3) is 0 Å². The van der Waals surface area contributed by atoms with Gasteiger partial charge < -0.3 is 5.32 Å². The van der Waals surface area contributed by atoms with E-state index in [2.05, 4.69) is 28.2 Å². The van der Waals surface area contributed by atoms with Crippen LogP contribution in [0.5, 0.6) is 0 Å². The third-order valence-corrected chi connectivity index (χ3v) is 3.88. The van der Waals surface area contributed by atoms with E-state index in [0.29, 0.717) is 12.0 Å². The van der Waals surface area contributed by atoms with E-state index in [1.165, 1.54) is 12.1 Å². The maximum atomic E-state index is 13.8. The highest BCUT2D eigenvalue weighted by atomic mass is 79.9. The Morgan fingerprint density at radius 1 is 1.10 bits per heavy atom. The Hall–Kier alpha value is -1.26. The van der Waals surface area contributed by atoms with E-state index < -0.39 is 11.6 Å². The predicted octanol–water partition coefficient (Wildman–Crippen LogP) is 5.01. The molecule has 0 fully saturated rings. The van der Waals surface area contributed by atoms with E-state index in [4.69, 9.17) is 0 Å². The van der Waals surface area contributed by atoms with Crippen molar-refractivity contribution in [3.8, 4) is 0 Å². The fraction of sp³-hybridized carbons (Fsp3) is 0.294. The Kier molecular flexibility index (Phi) is 5.88. The van der Waals surface area contributed by atoms with Gasteiger partial charge in [0.15, 0.2) is 0 Å². The Balaban J connectivity index is 2.21. The summed E-state index contributed by atoms with van der Waals surface area (Å²) in [5, 5.41) is 3.42. The summed E-state index contributed by atoms with van der Waals surface area (Å²) >= 11 is 3.41. The van der Waals surface area contributed by atoms with E-state index in [1.54, 1.807) is 0 Å². The molecule has 0 bridgehead atoms. The first kappa shape index (κ1) is 16.1. The van der Waals surface area contributed by atoms with Crippen molar-refractivity contribution in [2.45, 2.75) is 25.8 Å². The lowest BCUT2D eigenvalue weighted by Crippen LogP contribution is -2.24. The van der Waals surface area contributed by atoms with Crippen LogP contribution in [0, 0.1) is 11.6 Å². The van der Waals surface area contributed by atoms with Gasteiger partial charge >= 0.3 is 0 Å². The number of nitrogens with one attached hydrogen (secondary N) is 1. The van der Waals surface area contributed by atoms with Crippen molar-refractivity contribution in [1.82, 2.24) is 5.32 Å². The first-order chi connectivity index (χ1) is 10.1. The van der Waals surface area contributed by atoms with Crippen LogP contribution < -0.4 is 5.32 Å². The van der Waals surface area contributed by atoms with E-state index in [9.17, 15) is 8.78 Å². The first-order valence-corrected chi connectivity index (χ1v) is 7.82. The van der Waals surface area contributed by atoms with E-state index in [1.807, 2.05) is 24.3 Å². The lowest BCUT2D eigenvalue weighted by molar-refractivity contribution is 0.508. The van der Waals surface area contributed by atoms with Gasteiger partial charge in [0.1, 0.15) is 11.6 Å². The maximum Gasteiger partial charge on any atom is 0.129 e. The number of rotatable bonds is 6. The molecule has 0 aromatic heterocycles. The molecule has 112 valence electrons. The van der Waals surface area contributed by atoms with Crippen LogP contribution in [-0.4, -0.2) is 6.54 Å². The summed E-state index contributed by atoms with van der Waals surface area (Å²) in [6.45, 7) is 2.94. The Morgan fingerprint density at radius 2 is 1.81 bits per heavy atom. The molecular weight excluding hydrogens is 336 g/mol. The fourth-order valence-electron chi connectivity index (χ4n) is 2.23. The van der Waals surface area contributed by atoms with Crippen molar-refractivity contribution < 1.29 is 8.78 Å². The van der Waals surface area contributed by atoms with Gasteiger partial charge in [-0.15, -0.1) is 0 Å². The monoisotopic (exact) mass is 353 g/mol. The lowest BCUT2D eigenvalue weighted by Gasteiger charge is -2.19. The van der Waals surface area contributed by atoms with E-state index in [-0.39, 0.29) is 6.04 Å². The van der Waals surface area contributed by atoms with Gasteiger partial charge in [0, 0.05) is 16.6 Å². The second kappa shape index (κ2) is 7.66. The summed E-state index contributed by atoms with van der Waals surface area (Å²) in [4.78, 5) is 0. The molecule has 0 aliphatic rings. The standard InChI is InChI=1S/C17H18BrF2N/c1-2-9-21-17(12-3-6-14(18)7-4-12)10-13-5-8-15(19)11-16(13)20/h3-8,11,17,21H,2,9-10H2,1H3. The molecule has 0 aliphatic heterocycles. The third-order valence-electron chi connectivity index (χ3n) is 3.35. The summed E-state index contributed by atoms with van der Waals surface area (Å²) in [7, 11) is 0. The van der Waals surface area contributed by atoms with Gasteiger partial charge in [-0.1, -0.05) is 41.1 Å². The highest BCUT2D eigenvalue weighted by Crippen LogP contribution is 2.22. The summed E-state index contributed by atoms with van der Waals surface area (Å²) in [5.41, 5.74) is 1.61. The normalized spacial score (nSPS) is 12.4. The van der Waals surface area contributed by atoms with Crippen molar-refractivity contribution in [2.75, 3.05) is 6.54 Å². The minimum atomic E-state index is -0.544. The van der Waals surface area contributed by atoms with Gasteiger partial charge in [-0.2, -0.15) is 0 Å². The molecule has 2 aromatic rings. The molecule has 21 heavy (non-hydrogen) atoms. The SMILES string of the molecule is CCCNC(Cc1ccc(F)cc1F)c1ccc(Br)cc1. The highest BCUT2D eigenvalue weighted by molar-refractivity contribution is 9.10. The summed E-state index contributed by atoms with van der Waals surface area (Å²) in [6.07, 6.45) is 1.49. The summed E-state index contributed by atoms with van der Waals surface area (Å²) in [5.74, 6) is -1.03. The van der Waals surface area contributed by atoms with Crippen LogP contribution in [0.1, 0.15) is 30.5 Å². The summed E-state index contributed by atoms with van der Waals surface area (Å²) < 4.78 is 27.8. The maximum absolute atomic E-state index is 13.8. The van der Waals surface area contributed by atoms with Crippen LogP contribution in [0.3, 0.4) is 0 Å². The molecule has 0 radical (unpaired) electrons. The molecule has 4 heteroatoms. The Morgan fingerprint density at radius 3 is 2.43 bits per heavy atom. The van der Waals surface area contributed by atoms with E-state index >= 15 is 0 Å². The Bertz CT molecular complexity index is 584. The van der Waals surface area contributed by atoms with Gasteiger partial charge in [-0.25, -0.2) is 8.78 Å². The third kappa shape index (κ3) is 4.61. The number of halogens is 3. The molecule has 0 spiro atoms. The molecule has 0 saturated carbocycles. The van der Waals surface area contributed by atoms with Crippen LogP contribution in [-0.2, 0) is 6.42 Å². The Labute approximate surface area is 132 Å². The van der Waals surface area contributed by atoms with Crippen molar-refractivity contribution in [1.29, 1.82) is 0 Å². The first-order valence-electron chi connectivity index (χ1n) is 7.03. The van der Waals surface area contributed by atoms with Gasteiger partial charge in [-0.05, 0) is 48.7 Å². The minimum Gasteiger partial charge on any atom is -0.310 e. The molecule has 0 heterocycles. The zero-order chi connectivity index (χ0) is 15.2. The van der Waals surface area contributed by atoms with Crippen molar-refractivity contribution in [3.63, 3.8) is 0 Å². The van der Waals surface area contributed by atoms with Crippen LogP contribution >= 0.6 is 15.9 Å².